The van der Waals surface area contributed by atoms with Crippen LogP contribution in [0.15, 0.2) is 66.9 Å². The molecule has 0 aliphatic rings. The summed E-state index contributed by atoms with van der Waals surface area (Å²) < 4.78 is 18.1. The number of pyridine rings is 1. The maximum atomic E-state index is 12.9. The maximum Gasteiger partial charge on any atom is 0.274 e. The molecular formula is C21H20FN3O2. The highest BCUT2D eigenvalue weighted by Crippen LogP contribution is 2.18. The monoisotopic (exact) mass is 365 g/mol. The number of carbonyl (C=O) groups is 1. The van der Waals surface area contributed by atoms with Crippen LogP contribution < -0.4 is 15.4 Å². The number of nitrogens with zero attached hydrogens (tertiary/aromatic N) is 1. The Hall–Kier alpha value is -3.41. The number of nitrogens with one attached hydrogen (secondary N) is 2. The Morgan fingerprint density at radius 1 is 1.07 bits per heavy atom. The molecule has 0 atom stereocenters. The number of anilines is 2. The van der Waals surface area contributed by atoms with Gasteiger partial charge in [0.15, 0.2) is 0 Å². The van der Waals surface area contributed by atoms with Crippen LogP contribution in [0, 0.1) is 5.82 Å². The Labute approximate surface area is 157 Å². The standard InChI is InChI=1S/C21H20FN3O2/c1-27-19-4-2-3-18(13-19)25-21(26)20-14-17(10-12-24-20)23-11-9-15-5-7-16(22)8-6-15/h2-8,10,12-14H,9,11H2,1H3,(H,23,24)(H,25,26). The summed E-state index contributed by atoms with van der Waals surface area (Å²) >= 11 is 0. The summed E-state index contributed by atoms with van der Waals surface area (Å²) in [4.78, 5) is 16.5. The lowest BCUT2D eigenvalue weighted by Gasteiger charge is -2.09. The van der Waals surface area contributed by atoms with E-state index in [-0.39, 0.29) is 11.7 Å². The molecule has 0 aliphatic carbocycles. The summed E-state index contributed by atoms with van der Waals surface area (Å²) in [6.45, 7) is 0.659. The van der Waals surface area contributed by atoms with E-state index in [2.05, 4.69) is 15.6 Å². The van der Waals surface area contributed by atoms with E-state index < -0.39 is 0 Å². The highest BCUT2D eigenvalue weighted by molar-refractivity contribution is 6.03. The van der Waals surface area contributed by atoms with Gasteiger partial charge in [-0.05, 0) is 48.4 Å². The Balaban J connectivity index is 1.58. The molecule has 1 amide bonds. The zero-order chi connectivity index (χ0) is 19.1. The highest BCUT2D eigenvalue weighted by Gasteiger charge is 2.09. The number of rotatable bonds is 7. The van der Waals surface area contributed by atoms with Crippen molar-refractivity contribution in [1.29, 1.82) is 0 Å². The first-order valence-corrected chi connectivity index (χ1v) is 8.54. The van der Waals surface area contributed by atoms with Gasteiger partial charge in [-0.1, -0.05) is 18.2 Å². The molecule has 2 aromatic carbocycles. The average Bonchev–Trinajstić information content (AvgIpc) is 2.70. The van der Waals surface area contributed by atoms with Crippen LogP contribution in [0.3, 0.4) is 0 Å². The molecule has 0 spiro atoms. The molecule has 1 aromatic heterocycles. The van der Waals surface area contributed by atoms with Crippen LogP contribution in [0.5, 0.6) is 5.75 Å². The lowest BCUT2D eigenvalue weighted by atomic mass is 10.1. The third-order valence-corrected chi connectivity index (χ3v) is 3.98. The molecule has 0 aliphatic heterocycles. The van der Waals surface area contributed by atoms with Gasteiger partial charge in [0.05, 0.1) is 7.11 Å². The van der Waals surface area contributed by atoms with Crippen LogP contribution in [0.2, 0.25) is 0 Å². The number of aromatic nitrogens is 1. The van der Waals surface area contributed by atoms with Crippen LogP contribution in [-0.4, -0.2) is 24.5 Å². The van der Waals surface area contributed by atoms with Crippen LogP contribution in [-0.2, 0) is 6.42 Å². The topological polar surface area (TPSA) is 63.2 Å². The van der Waals surface area contributed by atoms with Gasteiger partial charge in [0.2, 0.25) is 0 Å². The molecule has 0 saturated carbocycles. The van der Waals surface area contributed by atoms with Gasteiger partial charge in [0.1, 0.15) is 17.3 Å². The van der Waals surface area contributed by atoms with E-state index in [9.17, 15) is 9.18 Å². The fourth-order valence-electron chi connectivity index (χ4n) is 2.56. The lowest BCUT2D eigenvalue weighted by Crippen LogP contribution is -2.14. The molecule has 138 valence electrons. The van der Waals surface area contributed by atoms with E-state index in [1.165, 1.54) is 12.1 Å². The average molecular weight is 365 g/mol. The second kappa shape index (κ2) is 8.80. The van der Waals surface area contributed by atoms with Crippen molar-refractivity contribution in [2.45, 2.75) is 6.42 Å². The van der Waals surface area contributed by atoms with Crippen molar-refractivity contribution in [3.8, 4) is 5.75 Å². The van der Waals surface area contributed by atoms with Crippen molar-refractivity contribution in [1.82, 2.24) is 4.98 Å². The smallest absolute Gasteiger partial charge is 0.274 e. The third-order valence-electron chi connectivity index (χ3n) is 3.98. The molecule has 3 aromatic rings. The first kappa shape index (κ1) is 18.4. The lowest BCUT2D eigenvalue weighted by molar-refractivity contribution is 0.102. The molecule has 0 saturated heterocycles. The van der Waals surface area contributed by atoms with Crippen molar-refractivity contribution in [2.75, 3.05) is 24.3 Å². The number of ether oxygens (including phenoxy) is 1. The van der Waals surface area contributed by atoms with Crippen molar-refractivity contribution in [3.63, 3.8) is 0 Å². The number of amides is 1. The van der Waals surface area contributed by atoms with E-state index in [0.717, 1.165) is 17.7 Å². The van der Waals surface area contributed by atoms with E-state index in [1.807, 2.05) is 0 Å². The van der Waals surface area contributed by atoms with Crippen LogP contribution in [0.4, 0.5) is 15.8 Å². The molecule has 3 rings (SSSR count). The molecular weight excluding hydrogens is 345 g/mol. The minimum atomic E-state index is -0.301. The van der Waals surface area contributed by atoms with Crippen molar-refractivity contribution < 1.29 is 13.9 Å². The molecule has 1 heterocycles. The second-order valence-electron chi connectivity index (χ2n) is 5.92. The summed E-state index contributed by atoms with van der Waals surface area (Å²) in [7, 11) is 1.57. The van der Waals surface area contributed by atoms with Gasteiger partial charge >= 0.3 is 0 Å². The Morgan fingerprint density at radius 2 is 1.89 bits per heavy atom. The normalized spacial score (nSPS) is 10.3. The van der Waals surface area contributed by atoms with Gasteiger partial charge in [-0.25, -0.2) is 4.39 Å². The predicted octanol–water partition coefficient (Wildman–Crippen LogP) is 4.14. The van der Waals surface area contributed by atoms with Gasteiger partial charge in [0, 0.05) is 30.2 Å². The molecule has 0 unspecified atom stereocenters. The molecule has 0 bridgehead atoms. The zero-order valence-corrected chi connectivity index (χ0v) is 14.9. The minimum absolute atomic E-state index is 0.243. The first-order chi connectivity index (χ1) is 13.1. The number of carbonyl (C=O) groups excluding carboxylic acids is 1. The van der Waals surface area contributed by atoms with Gasteiger partial charge < -0.3 is 15.4 Å². The zero-order valence-electron chi connectivity index (χ0n) is 14.9. The molecule has 0 radical (unpaired) electrons. The number of hydrogen-bond donors (Lipinski definition) is 2. The number of benzene rings is 2. The minimum Gasteiger partial charge on any atom is -0.497 e. The number of methoxy groups -OCH3 is 1. The number of hydrogen-bond acceptors (Lipinski definition) is 4. The van der Waals surface area contributed by atoms with Crippen LogP contribution in [0.25, 0.3) is 0 Å². The summed E-state index contributed by atoms with van der Waals surface area (Å²) in [6.07, 6.45) is 2.33. The van der Waals surface area contributed by atoms with Crippen molar-refractivity contribution in [3.05, 3.63) is 83.9 Å². The summed E-state index contributed by atoms with van der Waals surface area (Å²) in [5, 5.41) is 6.05. The number of halogens is 1. The first-order valence-electron chi connectivity index (χ1n) is 8.54. The molecule has 6 heteroatoms. The summed E-state index contributed by atoms with van der Waals surface area (Å²) in [5.74, 6) is 0.120. The Bertz CT molecular complexity index is 913. The summed E-state index contributed by atoms with van der Waals surface area (Å²) in [5.41, 5.74) is 2.78. The molecule has 27 heavy (non-hydrogen) atoms. The van der Waals surface area contributed by atoms with Gasteiger partial charge in [-0.15, -0.1) is 0 Å². The Morgan fingerprint density at radius 3 is 2.67 bits per heavy atom. The molecule has 5 nitrogen and oxygen atoms in total. The van der Waals surface area contributed by atoms with Gasteiger partial charge in [-0.2, -0.15) is 0 Å². The Kier molecular flexibility index (Phi) is 5.99. The van der Waals surface area contributed by atoms with E-state index in [4.69, 9.17) is 4.74 Å². The summed E-state index contributed by atoms with van der Waals surface area (Å²) in [6, 6.07) is 17.0. The van der Waals surface area contributed by atoms with E-state index in [0.29, 0.717) is 23.7 Å². The molecule has 0 fully saturated rings. The van der Waals surface area contributed by atoms with E-state index >= 15 is 0 Å². The fourth-order valence-corrected chi connectivity index (χ4v) is 2.56. The SMILES string of the molecule is COc1cccc(NC(=O)c2cc(NCCc3ccc(F)cc3)ccn2)c1. The van der Waals surface area contributed by atoms with Crippen LogP contribution >= 0.6 is 0 Å². The highest BCUT2D eigenvalue weighted by atomic mass is 19.1. The van der Waals surface area contributed by atoms with Crippen molar-refractivity contribution >= 4 is 17.3 Å². The molecule has 2 N–H and O–H groups in total. The van der Waals surface area contributed by atoms with Crippen molar-refractivity contribution in [2.24, 2.45) is 0 Å². The van der Waals surface area contributed by atoms with Crippen LogP contribution in [0.1, 0.15) is 16.1 Å². The second-order valence-corrected chi connectivity index (χ2v) is 5.92. The quantitative estimate of drug-likeness (QED) is 0.661. The predicted molar refractivity (Wildman–Crippen MR) is 104 cm³/mol. The largest absolute Gasteiger partial charge is 0.497 e. The van der Waals surface area contributed by atoms with Gasteiger partial charge in [0.25, 0.3) is 5.91 Å². The van der Waals surface area contributed by atoms with Gasteiger partial charge in [-0.3, -0.25) is 9.78 Å². The fraction of sp³-hybridized carbons (Fsp3) is 0.143. The third kappa shape index (κ3) is 5.28. The maximum absolute atomic E-state index is 12.9. The van der Waals surface area contributed by atoms with E-state index in [1.54, 1.807) is 61.8 Å².